The summed E-state index contributed by atoms with van der Waals surface area (Å²) >= 11 is 0. The Morgan fingerprint density at radius 1 is 0.545 bits per heavy atom. The van der Waals surface area contributed by atoms with E-state index in [1.165, 1.54) is 11.1 Å². The smallest absolute Gasteiger partial charge is 0.151 e. The summed E-state index contributed by atoms with van der Waals surface area (Å²) < 4.78 is 19.7. The number of nitrogens with zero attached hydrogens (tertiary/aromatic N) is 3. The molecule has 2 aromatic heterocycles. The van der Waals surface area contributed by atoms with E-state index in [-0.39, 0.29) is 10.8 Å². The lowest BCUT2D eigenvalue weighted by molar-refractivity contribution is 0.459. The number of hydrogen-bond donors (Lipinski definition) is 0. The van der Waals surface area contributed by atoms with Crippen LogP contribution in [0.1, 0.15) is 51.3 Å². The fourth-order valence-corrected chi connectivity index (χ4v) is 7.65. The molecule has 0 unspecified atom stereocenters. The quantitative estimate of drug-likeness (QED) is 0.156. The lowest BCUT2D eigenvalue weighted by Crippen LogP contribution is -2.25. The molecular formula is C49H43N3O3. The third-order valence-electron chi connectivity index (χ3n) is 10.7. The topological polar surface area (TPSA) is 51.0 Å². The highest BCUT2D eigenvalue weighted by Crippen LogP contribution is 2.49. The lowest BCUT2D eigenvalue weighted by atomic mass is 9.78. The van der Waals surface area contributed by atoms with E-state index in [1.807, 2.05) is 60.9 Å². The summed E-state index contributed by atoms with van der Waals surface area (Å²) in [5.41, 5.74) is 8.90. The predicted molar refractivity (Wildman–Crippen MR) is 224 cm³/mol. The highest BCUT2D eigenvalue weighted by atomic mass is 16.5. The monoisotopic (exact) mass is 721 g/mol. The second kappa shape index (κ2) is 13.4. The van der Waals surface area contributed by atoms with Gasteiger partial charge in [-0.15, -0.1) is 0 Å². The van der Waals surface area contributed by atoms with Crippen LogP contribution in [0.5, 0.6) is 23.0 Å². The number of pyridine rings is 1. The van der Waals surface area contributed by atoms with Crippen molar-refractivity contribution in [2.24, 2.45) is 0 Å². The molecule has 0 spiro atoms. The van der Waals surface area contributed by atoms with Crippen molar-refractivity contribution in [3.8, 4) is 23.0 Å². The van der Waals surface area contributed by atoms with Crippen molar-refractivity contribution in [1.82, 2.24) is 4.98 Å². The zero-order valence-electron chi connectivity index (χ0n) is 31.8. The van der Waals surface area contributed by atoms with Crippen LogP contribution in [0.4, 0.5) is 22.7 Å². The maximum absolute atomic E-state index is 6.87. The van der Waals surface area contributed by atoms with Crippen LogP contribution >= 0.6 is 0 Å². The summed E-state index contributed by atoms with van der Waals surface area (Å²) in [6.07, 6.45) is 3.67. The number of aromatic nitrogens is 1. The number of furan rings is 1. The summed E-state index contributed by atoms with van der Waals surface area (Å²) in [4.78, 5) is 9.16. The molecule has 0 N–H and O–H groups in total. The average Bonchev–Trinajstić information content (AvgIpc) is 3.77. The standard InChI is InChI=1S/C49H43N3O3/c1-48(2,3)34-27-35(29-37(28-34)53-36-23-24-39-38-17-9-13-21-44(38)54-46(39)30-36)51-32-52(42-19-11-10-18-41(42)51)43-20-12-14-22-45(43)55-47-31-50-26-25-40(47)49(4,5)33-15-7-6-8-16-33/h6-31H,32H2,1-5H3. The molecule has 0 fully saturated rings. The Hall–Kier alpha value is -6.53. The molecule has 9 rings (SSSR count). The van der Waals surface area contributed by atoms with Gasteiger partial charge in [0.2, 0.25) is 0 Å². The molecule has 272 valence electrons. The van der Waals surface area contributed by atoms with E-state index >= 15 is 0 Å². The molecule has 0 saturated carbocycles. The van der Waals surface area contributed by atoms with Gasteiger partial charge in [0.25, 0.3) is 0 Å². The minimum absolute atomic E-state index is 0.120. The Kier molecular flexibility index (Phi) is 8.34. The molecule has 0 radical (unpaired) electrons. The van der Waals surface area contributed by atoms with Crippen LogP contribution in [-0.2, 0) is 10.8 Å². The third-order valence-corrected chi connectivity index (χ3v) is 10.7. The summed E-state index contributed by atoms with van der Waals surface area (Å²) in [6.45, 7) is 11.7. The van der Waals surface area contributed by atoms with Gasteiger partial charge in [-0.1, -0.05) is 107 Å². The summed E-state index contributed by atoms with van der Waals surface area (Å²) in [7, 11) is 0. The van der Waals surface area contributed by atoms with Gasteiger partial charge in [-0.05, 0) is 77.2 Å². The Labute approximate surface area is 322 Å². The van der Waals surface area contributed by atoms with Crippen LogP contribution in [0, 0.1) is 0 Å². The van der Waals surface area contributed by atoms with Crippen molar-refractivity contribution in [2.75, 3.05) is 16.5 Å². The van der Waals surface area contributed by atoms with Gasteiger partial charge in [-0.3, -0.25) is 4.98 Å². The molecule has 6 nitrogen and oxygen atoms in total. The fraction of sp³-hybridized carbons (Fsp3) is 0.163. The number of ether oxygens (including phenoxy) is 2. The molecule has 8 aromatic rings. The zero-order chi connectivity index (χ0) is 37.7. The Morgan fingerprint density at radius 3 is 2.04 bits per heavy atom. The summed E-state index contributed by atoms with van der Waals surface area (Å²) in [6, 6.07) is 50.2. The minimum atomic E-state index is -0.304. The van der Waals surface area contributed by atoms with E-state index in [1.54, 1.807) is 0 Å². The molecule has 0 aliphatic carbocycles. The lowest BCUT2D eigenvalue weighted by Gasteiger charge is -2.29. The molecule has 6 heteroatoms. The van der Waals surface area contributed by atoms with E-state index < -0.39 is 0 Å². The van der Waals surface area contributed by atoms with Crippen LogP contribution in [0.25, 0.3) is 21.9 Å². The third kappa shape index (κ3) is 6.33. The van der Waals surface area contributed by atoms with Crippen LogP contribution in [-0.4, -0.2) is 11.7 Å². The number of fused-ring (bicyclic) bond motifs is 4. The average molecular weight is 722 g/mol. The molecule has 1 aliphatic heterocycles. The highest BCUT2D eigenvalue weighted by molar-refractivity contribution is 6.05. The van der Waals surface area contributed by atoms with Gasteiger partial charge < -0.3 is 23.7 Å². The Bertz CT molecular complexity index is 2670. The number of rotatable bonds is 8. The predicted octanol–water partition coefficient (Wildman–Crippen LogP) is 13.4. The van der Waals surface area contributed by atoms with Crippen molar-refractivity contribution in [2.45, 2.75) is 45.4 Å². The van der Waals surface area contributed by atoms with E-state index in [0.717, 1.165) is 73.2 Å². The van der Waals surface area contributed by atoms with Crippen LogP contribution in [0.2, 0.25) is 0 Å². The number of anilines is 4. The van der Waals surface area contributed by atoms with Gasteiger partial charge in [0.15, 0.2) is 5.75 Å². The van der Waals surface area contributed by atoms with E-state index in [9.17, 15) is 0 Å². The van der Waals surface area contributed by atoms with Crippen molar-refractivity contribution in [1.29, 1.82) is 0 Å². The molecule has 0 saturated heterocycles. The van der Waals surface area contributed by atoms with E-state index in [2.05, 4.69) is 146 Å². The van der Waals surface area contributed by atoms with Gasteiger partial charge in [0.05, 0.1) is 23.3 Å². The highest BCUT2D eigenvalue weighted by Gasteiger charge is 2.32. The van der Waals surface area contributed by atoms with Crippen molar-refractivity contribution in [3.05, 3.63) is 175 Å². The first-order valence-corrected chi connectivity index (χ1v) is 18.8. The van der Waals surface area contributed by atoms with Crippen molar-refractivity contribution >= 4 is 44.7 Å². The summed E-state index contributed by atoms with van der Waals surface area (Å²) in [5, 5.41) is 2.17. The minimum Gasteiger partial charge on any atom is -0.457 e. The first kappa shape index (κ1) is 34.3. The van der Waals surface area contributed by atoms with Gasteiger partial charge in [0, 0.05) is 45.8 Å². The van der Waals surface area contributed by atoms with Gasteiger partial charge in [-0.2, -0.15) is 0 Å². The van der Waals surface area contributed by atoms with Gasteiger partial charge in [-0.25, -0.2) is 0 Å². The Morgan fingerprint density at radius 2 is 1.24 bits per heavy atom. The second-order valence-corrected chi connectivity index (χ2v) is 15.7. The molecule has 55 heavy (non-hydrogen) atoms. The number of benzene rings is 6. The zero-order valence-corrected chi connectivity index (χ0v) is 31.8. The van der Waals surface area contributed by atoms with E-state index in [4.69, 9.17) is 13.9 Å². The SMILES string of the molecule is CC(C)(C)c1cc(Oc2ccc3c(c2)oc2ccccc23)cc(N2CN(c3ccccc3Oc3cnccc3C(C)(C)c3ccccc3)c3ccccc32)c1. The number of para-hydroxylation sites is 5. The number of hydrogen-bond acceptors (Lipinski definition) is 6. The second-order valence-electron chi connectivity index (χ2n) is 15.7. The normalized spacial score (nSPS) is 13.0. The van der Waals surface area contributed by atoms with Crippen molar-refractivity contribution in [3.63, 3.8) is 0 Å². The molecule has 3 heterocycles. The fourth-order valence-electron chi connectivity index (χ4n) is 7.65. The Balaban J connectivity index is 1.07. The molecular weight excluding hydrogens is 679 g/mol. The van der Waals surface area contributed by atoms with E-state index in [0.29, 0.717) is 6.67 Å². The van der Waals surface area contributed by atoms with Crippen LogP contribution in [0.15, 0.2) is 162 Å². The van der Waals surface area contributed by atoms with Gasteiger partial charge in [0.1, 0.15) is 35.1 Å². The molecule has 1 aliphatic rings. The molecule has 0 amide bonds. The summed E-state index contributed by atoms with van der Waals surface area (Å²) in [5.74, 6) is 2.98. The van der Waals surface area contributed by atoms with Gasteiger partial charge >= 0.3 is 0 Å². The van der Waals surface area contributed by atoms with Crippen LogP contribution < -0.4 is 19.3 Å². The molecule has 6 aromatic carbocycles. The van der Waals surface area contributed by atoms with Crippen LogP contribution in [0.3, 0.4) is 0 Å². The maximum Gasteiger partial charge on any atom is 0.151 e. The first-order valence-electron chi connectivity index (χ1n) is 18.8. The maximum atomic E-state index is 6.87. The molecule has 0 atom stereocenters. The molecule has 0 bridgehead atoms. The van der Waals surface area contributed by atoms with Crippen molar-refractivity contribution < 1.29 is 13.9 Å². The first-order chi connectivity index (χ1) is 26.6. The largest absolute Gasteiger partial charge is 0.457 e.